The zero-order chi connectivity index (χ0) is 8.15. The molecule has 0 bridgehead atoms. The fourth-order valence-electron chi connectivity index (χ4n) is 0.374. The van der Waals surface area contributed by atoms with E-state index in [1.54, 1.807) is 0 Å². The summed E-state index contributed by atoms with van der Waals surface area (Å²) in [6, 6.07) is -0.610. The average Bonchev–Trinajstić information content (AvgIpc) is 1.82. The maximum Gasteiger partial charge on any atom is 0.314 e. The number of primary amides is 1. The number of hydrogen-bond acceptors (Lipinski definition) is 2. The van der Waals surface area contributed by atoms with Crippen LogP contribution in [-0.4, -0.2) is 35.6 Å². The monoisotopic (exact) mass is 182 g/mol. The summed E-state index contributed by atoms with van der Waals surface area (Å²) in [7, 11) is 1.45. The largest absolute Gasteiger partial charge is 0.481 e. The first-order chi connectivity index (χ1) is 4.54. The Kier molecular flexibility index (Phi) is 6.67. The minimum atomic E-state index is -0.937. The summed E-state index contributed by atoms with van der Waals surface area (Å²) in [4.78, 5) is 21.4. The van der Waals surface area contributed by atoms with Crippen LogP contribution < -0.4 is 5.73 Å². The second-order valence-electron chi connectivity index (χ2n) is 1.90. The molecule has 0 unspecified atom stereocenters. The topological polar surface area (TPSA) is 83.6 Å². The van der Waals surface area contributed by atoms with Crippen LogP contribution in [0, 0.1) is 0 Å². The lowest BCUT2D eigenvalue weighted by molar-refractivity contribution is -0.137. The van der Waals surface area contributed by atoms with E-state index in [2.05, 4.69) is 0 Å². The number of aliphatic carboxylic acids is 1. The van der Waals surface area contributed by atoms with Crippen LogP contribution in [0.1, 0.15) is 6.42 Å². The first-order valence-electron chi connectivity index (χ1n) is 2.76. The van der Waals surface area contributed by atoms with Gasteiger partial charge < -0.3 is 15.7 Å². The van der Waals surface area contributed by atoms with Gasteiger partial charge in [0.2, 0.25) is 0 Å². The Morgan fingerprint density at radius 2 is 2.00 bits per heavy atom. The Labute approximate surface area is 70.6 Å². The quantitative estimate of drug-likeness (QED) is 0.639. The van der Waals surface area contributed by atoms with E-state index in [0.29, 0.717) is 0 Å². The van der Waals surface area contributed by atoms with Gasteiger partial charge in [0.25, 0.3) is 0 Å². The number of rotatable bonds is 3. The van der Waals surface area contributed by atoms with Crippen molar-refractivity contribution in [3.8, 4) is 0 Å². The Morgan fingerprint density at radius 3 is 2.27 bits per heavy atom. The third kappa shape index (κ3) is 6.92. The highest BCUT2D eigenvalue weighted by atomic mass is 35.5. The van der Waals surface area contributed by atoms with E-state index in [-0.39, 0.29) is 25.4 Å². The molecule has 11 heavy (non-hydrogen) atoms. The van der Waals surface area contributed by atoms with Gasteiger partial charge in [0.1, 0.15) is 0 Å². The molecule has 5 nitrogen and oxygen atoms in total. The van der Waals surface area contributed by atoms with Gasteiger partial charge in [-0.25, -0.2) is 4.79 Å². The van der Waals surface area contributed by atoms with Crippen molar-refractivity contribution in [1.82, 2.24) is 4.90 Å². The van der Waals surface area contributed by atoms with Gasteiger partial charge in [-0.05, 0) is 0 Å². The maximum atomic E-state index is 10.3. The number of nitrogens with two attached hydrogens (primary N) is 1. The van der Waals surface area contributed by atoms with Crippen LogP contribution in [0.3, 0.4) is 0 Å². The molecule has 0 aliphatic carbocycles. The van der Waals surface area contributed by atoms with Crippen LogP contribution in [0.5, 0.6) is 0 Å². The number of nitrogens with zero attached hydrogens (tertiary/aromatic N) is 1. The average molecular weight is 183 g/mol. The Morgan fingerprint density at radius 1 is 1.55 bits per heavy atom. The zero-order valence-electron chi connectivity index (χ0n) is 6.11. The highest BCUT2D eigenvalue weighted by Gasteiger charge is 2.04. The SMILES string of the molecule is CN(CCC(=O)O)C(N)=O.Cl. The third-order valence-electron chi connectivity index (χ3n) is 1.04. The molecule has 0 heterocycles. The van der Waals surface area contributed by atoms with Crippen molar-refractivity contribution in [1.29, 1.82) is 0 Å². The van der Waals surface area contributed by atoms with E-state index in [9.17, 15) is 9.59 Å². The first kappa shape index (κ1) is 12.7. The molecule has 0 atom stereocenters. The van der Waals surface area contributed by atoms with E-state index in [1.807, 2.05) is 0 Å². The summed E-state index contributed by atoms with van der Waals surface area (Å²) in [5, 5.41) is 8.17. The standard InChI is InChI=1S/C5H10N2O3.ClH/c1-7(5(6)10)3-2-4(8)9;/h2-3H2,1H3,(H2,6,10)(H,8,9);1H. The number of amides is 2. The summed E-state index contributed by atoms with van der Waals surface area (Å²) >= 11 is 0. The highest BCUT2D eigenvalue weighted by Crippen LogP contribution is 1.85. The molecule has 0 aliphatic rings. The van der Waals surface area contributed by atoms with Crippen LogP contribution in [0.25, 0.3) is 0 Å². The minimum absolute atomic E-state index is 0. The lowest BCUT2D eigenvalue weighted by Crippen LogP contribution is -2.33. The molecule has 0 spiro atoms. The zero-order valence-corrected chi connectivity index (χ0v) is 6.93. The molecule has 0 saturated heterocycles. The number of hydrogen-bond donors (Lipinski definition) is 2. The van der Waals surface area contributed by atoms with Crippen LogP contribution in [0.4, 0.5) is 4.79 Å². The van der Waals surface area contributed by atoms with E-state index in [0.717, 1.165) is 4.90 Å². The van der Waals surface area contributed by atoms with E-state index in [4.69, 9.17) is 10.8 Å². The van der Waals surface area contributed by atoms with Gasteiger partial charge in [-0.3, -0.25) is 4.79 Å². The second kappa shape index (κ2) is 5.79. The molecule has 0 saturated carbocycles. The second-order valence-corrected chi connectivity index (χ2v) is 1.90. The van der Waals surface area contributed by atoms with Crippen LogP contribution >= 0.6 is 12.4 Å². The number of carbonyl (C=O) groups excluding carboxylic acids is 1. The predicted molar refractivity (Wildman–Crippen MR) is 41.7 cm³/mol. The number of carboxylic acids is 1. The van der Waals surface area contributed by atoms with Gasteiger partial charge in [-0.1, -0.05) is 0 Å². The molecule has 0 aromatic heterocycles. The van der Waals surface area contributed by atoms with E-state index < -0.39 is 12.0 Å². The molecule has 0 radical (unpaired) electrons. The molecule has 0 aliphatic heterocycles. The van der Waals surface area contributed by atoms with E-state index in [1.165, 1.54) is 7.05 Å². The van der Waals surface area contributed by atoms with Gasteiger partial charge in [0, 0.05) is 13.6 Å². The lowest BCUT2D eigenvalue weighted by atomic mass is 10.4. The molecule has 3 N–H and O–H groups in total. The van der Waals surface area contributed by atoms with Crippen LogP contribution in [0.15, 0.2) is 0 Å². The van der Waals surface area contributed by atoms with Crippen molar-refractivity contribution in [2.75, 3.05) is 13.6 Å². The molecule has 0 aromatic carbocycles. The highest BCUT2D eigenvalue weighted by molar-refractivity contribution is 5.85. The summed E-state index contributed by atoms with van der Waals surface area (Å²) in [6.45, 7) is 0.157. The van der Waals surface area contributed by atoms with Gasteiger partial charge in [-0.15, -0.1) is 12.4 Å². The Hall–Kier alpha value is -0.970. The molecule has 2 amide bonds. The fraction of sp³-hybridized carbons (Fsp3) is 0.600. The molecule has 6 heteroatoms. The number of carbonyl (C=O) groups is 2. The molecule has 0 aromatic rings. The van der Waals surface area contributed by atoms with Crippen molar-refractivity contribution in [3.63, 3.8) is 0 Å². The summed E-state index contributed by atoms with van der Waals surface area (Å²) < 4.78 is 0. The number of carboxylic acid groups (broad SMARTS) is 1. The van der Waals surface area contributed by atoms with Crippen molar-refractivity contribution in [3.05, 3.63) is 0 Å². The number of halogens is 1. The van der Waals surface area contributed by atoms with Gasteiger partial charge >= 0.3 is 12.0 Å². The van der Waals surface area contributed by atoms with E-state index >= 15 is 0 Å². The summed E-state index contributed by atoms with van der Waals surface area (Å²) in [6.07, 6.45) is -0.0700. The fourth-order valence-corrected chi connectivity index (χ4v) is 0.374. The lowest BCUT2D eigenvalue weighted by Gasteiger charge is -2.11. The van der Waals surface area contributed by atoms with Gasteiger partial charge in [0.15, 0.2) is 0 Å². The molecular formula is C5H11ClN2O3. The smallest absolute Gasteiger partial charge is 0.314 e. The molecular weight excluding hydrogens is 172 g/mol. The maximum absolute atomic E-state index is 10.3. The van der Waals surface area contributed by atoms with Crippen molar-refractivity contribution >= 4 is 24.4 Å². The number of urea groups is 1. The summed E-state index contributed by atoms with van der Waals surface area (Å²) in [5.74, 6) is -0.937. The van der Waals surface area contributed by atoms with Gasteiger partial charge in [-0.2, -0.15) is 0 Å². The normalized spacial score (nSPS) is 8.09. The van der Waals surface area contributed by atoms with Crippen molar-refractivity contribution < 1.29 is 14.7 Å². The molecule has 0 rings (SSSR count). The Bertz CT molecular complexity index is 151. The molecule has 0 fully saturated rings. The van der Waals surface area contributed by atoms with Crippen molar-refractivity contribution in [2.45, 2.75) is 6.42 Å². The van der Waals surface area contributed by atoms with Crippen LogP contribution in [0.2, 0.25) is 0 Å². The van der Waals surface area contributed by atoms with Crippen molar-refractivity contribution in [2.24, 2.45) is 5.73 Å². The molecule has 66 valence electrons. The van der Waals surface area contributed by atoms with Crippen LogP contribution in [-0.2, 0) is 4.79 Å². The third-order valence-corrected chi connectivity index (χ3v) is 1.04. The first-order valence-corrected chi connectivity index (χ1v) is 2.76. The van der Waals surface area contributed by atoms with Gasteiger partial charge in [0.05, 0.1) is 6.42 Å². The predicted octanol–water partition coefficient (Wildman–Crippen LogP) is -0.107. The minimum Gasteiger partial charge on any atom is -0.481 e. The Balaban J connectivity index is 0. The summed E-state index contributed by atoms with van der Waals surface area (Å²) in [5.41, 5.74) is 4.82.